The van der Waals surface area contributed by atoms with Crippen LogP contribution >= 0.6 is 11.8 Å². The summed E-state index contributed by atoms with van der Waals surface area (Å²) >= 11 is 1.58. The number of carbonyl (C=O) groups excluding carboxylic acids is 1. The predicted molar refractivity (Wildman–Crippen MR) is 93.4 cm³/mol. The van der Waals surface area contributed by atoms with Gasteiger partial charge in [-0.2, -0.15) is 0 Å². The van der Waals surface area contributed by atoms with Crippen molar-refractivity contribution >= 4 is 34.4 Å². The molecule has 0 amide bonds. The summed E-state index contributed by atoms with van der Waals surface area (Å²) in [6, 6.07) is 18.6. The lowest BCUT2D eigenvalue weighted by Crippen LogP contribution is -2.12. The molecule has 4 rings (SSSR count). The first kappa shape index (κ1) is 14.2. The van der Waals surface area contributed by atoms with Crippen LogP contribution in [0.25, 0.3) is 16.8 Å². The van der Waals surface area contributed by atoms with Crippen molar-refractivity contribution in [2.45, 2.75) is 4.90 Å². The number of thioether (sulfide) groups is 1. The minimum atomic E-state index is -0.371. The summed E-state index contributed by atoms with van der Waals surface area (Å²) in [6.07, 6.45) is 1.94. The van der Waals surface area contributed by atoms with E-state index in [2.05, 4.69) is 18.2 Å². The fourth-order valence-electron chi connectivity index (χ4n) is 2.87. The Morgan fingerprint density at radius 2 is 1.83 bits per heavy atom. The van der Waals surface area contributed by atoms with Crippen LogP contribution in [0.1, 0.15) is 15.9 Å². The zero-order chi connectivity index (χ0) is 15.8. The van der Waals surface area contributed by atoms with E-state index in [0.717, 1.165) is 21.2 Å². The fraction of sp³-hybridized carbons (Fsp3) is 0.0500. The summed E-state index contributed by atoms with van der Waals surface area (Å²) in [5.41, 5.74) is 2.20. The highest BCUT2D eigenvalue weighted by Gasteiger charge is 2.23. The third-order valence-electron chi connectivity index (χ3n) is 4.01. The Morgan fingerprint density at radius 1 is 1.00 bits per heavy atom. The number of carbonyl (C=O) groups is 1. The van der Waals surface area contributed by atoms with Gasteiger partial charge in [0, 0.05) is 21.8 Å². The minimum Gasteiger partial charge on any atom is -0.289 e. The molecule has 0 aromatic heterocycles. The van der Waals surface area contributed by atoms with E-state index in [4.69, 9.17) is 0 Å². The molecule has 0 saturated carbocycles. The maximum absolute atomic E-state index is 13.4. The molecule has 0 spiro atoms. The molecule has 0 aliphatic carbocycles. The van der Waals surface area contributed by atoms with Crippen LogP contribution in [0.15, 0.2) is 71.1 Å². The molecule has 0 radical (unpaired) electrons. The second kappa shape index (κ2) is 5.67. The van der Waals surface area contributed by atoms with Gasteiger partial charge in [0.25, 0.3) is 0 Å². The van der Waals surface area contributed by atoms with Crippen molar-refractivity contribution in [3.05, 3.63) is 83.2 Å². The Balaban J connectivity index is 1.81. The van der Waals surface area contributed by atoms with Crippen molar-refractivity contribution in [2.75, 3.05) is 5.75 Å². The van der Waals surface area contributed by atoms with Crippen LogP contribution in [0, 0.1) is 5.82 Å². The van der Waals surface area contributed by atoms with Gasteiger partial charge in [0.15, 0.2) is 5.78 Å². The lowest BCUT2D eigenvalue weighted by molar-refractivity contribution is 0.103. The Bertz CT molecular complexity index is 954. The van der Waals surface area contributed by atoms with Crippen LogP contribution in [-0.2, 0) is 0 Å². The summed E-state index contributed by atoms with van der Waals surface area (Å²) in [4.78, 5) is 13.5. The van der Waals surface area contributed by atoms with Gasteiger partial charge in [0.2, 0.25) is 0 Å². The average molecular weight is 320 g/mol. The normalized spacial score (nSPS) is 15.9. The SMILES string of the molecule is O=C1/C(=C/c2cccc3ccccc23)CSc2ccc(F)cc21. The topological polar surface area (TPSA) is 17.1 Å². The number of hydrogen-bond acceptors (Lipinski definition) is 2. The molecule has 0 unspecified atom stereocenters. The molecule has 3 aromatic carbocycles. The Labute approximate surface area is 137 Å². The van der Waals surface area contributed by atoms with Crippen molar-refractivity contribution in [1.82, 2.24) is 0 Å². The molecule has 1 nitrogen and oxygen atoms in total. The maximum Gasteiger partial charge on any atom is 0.191 e. The van der Waals surface area contributed by atoms with E-state index >= 15 is 0 Å². The van der Waals surface area contributed by atoms with Gasteiger partial charge in [0.1, 0.15) is 5.82 Å². The van der Waals surface area contributed by atoms with Gasteiger partial charge in [-0.25, -0.2) is 4.39 Å². The summed E-state index contributed by atoms with van der Waals surface area (Å²) in [5.74, 6) is 0.163. The van der Waals surface area contributed by atoms with Gasteiger partial charge < -0.3 is 0 Å². The summed E-state index contributed by atoms with van der Waals surface area (Å²) in [5, 5.41) is 2.26. The van der Waals surface area contributed by atoms with E-state index in [1.54, 1.807) is 17.8 Å². The molecule has 0 bridgehead atoms. The third kappa shape index (κ3) is 2.57. The molecule has 0 saturated heterocycles. The van der Waals surface area contributed by atoms with Gasteiger partial charge >= 0.3 is 0 Å². The average Bonchev–Trinajstić information content (AvgIpc) is 2.58. The number of ketones is 1. The zero-order valence-corrected chi connectivity index (χ0v) is 13.1. The van der Waals surface area contributed by atoms with Crippen LogP contribution in [0.3, 0.4) is 0 Å². The van der Waals surface area contributed by atoms with Crippen LogP contribution < -0.4 is 0 Å². The predicted octanol–water partition coefficient (Wildman–Crippen LogP) is 5.35. The second-order valence-corrected chi connectivity index (χ2v) is 6.51. The van der Waals surface area contributed by atoms with Gasteiger partial charge in [-0.1, -0.05) is 42.5 Å². The van der Waals surface area contributed by atoms with Crippen molar-refractivity contribution < 1.29 is 9.18 Å². The minimum absolute atomic E-state index is 0.0776. The van der Waals surface area contributed by atoms with Crippen molar-refractivity contribution in [1.29, 1.82) is 0 Å². The number of benzene rings is 3. The fourth-order valence-corrected chi connectivity index (χ4v) is 3.87. The Morgan fingerprint density at radius 3 is 2.74 bits per heavy atom. The first-order valence-electron chi connectivity index (χ1n) is 7.38. The molecule has 112 valence electrons. The van der Waals surface area contributed by atoms with Gasteiger partial charge in [-0.3, -0.25) is 4.79 Å². The van der Waals surface area contributed by atoms with E-state index in [-0.39, 0.29) is 11.6 Å². The van der Waals surface area contributed by atoms with Crippen LogP contribution in [0.4, 0.5) is 4.39 Å². The molecular formula is C20H13FOS. The number of fused-ring (bicyclic) bond motifs is 2. The number of rotatable bonds is 1. The second-order valence-electron chi connectivity index (χ2n) is 5.50. The van der Waals surface area contributed by atoms with Crippen LogP contribution in [0.2, 0.25) is 0 Å². The molecule has 0 N–H and O–H groups in total. The molecule has 1 heterocycles. The Hall–Kier alpha value is -2.39. The standard InChI is InChI=1S/C20H13FOS/c21-16-8-9-19-18(11-16)20(22)15(12-23-19)10-14-6-3-5-13-4-1-2-7-17(13)14/h1-11H,12H2/b15-10+. The van der Waals surface area contributed by atoms with E-state index in [9.17, 15) is 9.18 Å². The largest absolute Gasteiger partial charge is 0.289 e. The molecule has 3 aromatic rings. The van der Waals surface area contributed by atoms with Crippen molar-refractivity contribution in [3.63, 3.8) is 0 Å². The van der Waals surface area contributed by atoms with Crippen molar-refractivity contribution in [2.24, 2.45) is 0 Å². The lowest BCUT2D eigenvalue weighted by Gasteiger charge is -2.17. The molecule has 23 heavy (non-hydrogen) atoms. The first-order valence-corrected chi connectivity index (χ1v) is 8.36. The lowest BCUT2D eigenvalue weighted by atomic mass is 9.98. The highest BCUT2D eigenvalue weighted by molar-refractivity contribution is 7.99. The first-order chi connectivity index (χ1) is 11.2. The van der Waals surface area contributed by atoms with E-state index < -0.39 is 0 Å². The third-order valence-corrected chi connectivity index (χ3v) is 5.14. The summed E-state index contributed by atoms with van der Waals surface area (Å²) in [6.45, 7) is 0. The van der Waals surface area contributed by atoms with E-state index in [0.29, 0.717) is 16.9 Å². The zero-order valence-electron chi connectivity index (χ0n) is 12.3. The monoisotopic (exact) mass is 320 g/mol. The highest BCUT2D eigenvalue weighted by atomic mass is 32.2. The highest BCUT2D eigenvalue weighted by Crippen LogP contribution is 2.34. The van der Waals surface area contributed by atoms with Crippen molar-refractivity contribution in [3.8, 4) is 0 Å². The Kier molecular flexibility index (Phi) is 3.50. The smallest absolute Gasteiger partial charge is 0.191 e. The maximum atomic E-state index is 13.4. The van der Waals surface area contributed by atoms with Gasteiger partial charge in [-0.15, -0.1) is 11.8 Å². The van der Waals surface area contributed by atoms with E-state index in [1.807, 2.05) is 30.3 Å². The number of Topliss-reactive ketones (excluding diaryl/α,β-unsaturated/α-hetero) is 1. The molecule has 1 aliphatic rings. The van der Waals surface area contributed by atoms with Gasteiger partial charge in [0.05, 0.1) is 0 Å². The molecule has 3 heteroatoms. The van der Waals surface area contributed by atoms with Gasteiger partial charge in [-0.05, 0) is 40.6 Å². The quantitative estimate of drug-likeness (QED) is 0.562. The molecule has 0 atom stereocenters. The van der Waals surface area contributed by atoms with Crippen LogP contribution in [0.5, 0.6) is 0 Å². The molecular weight excluding hydrogens is 307 g/mol. The molecule has 0 fully saturated rings. The summed E-state index contributed by atoms with van der Waals surface area (Å²) in [7, 11) is 0. The summed E-state index contributed by atoms with van der Waals surface area (Å²) < 4.78 is 13.4. The van der Waals surface area contributed by atoms with Crippen LogP contribution in [-0.4, -0.2) is 11.5 Å². The number of halogens is 1. The van der Waals surface area contributed by atoms with E-state index in [1.165, 1.54) is 12.1 Å². The molecule has 1 aliphatic heterocycles. The number of hydrogen-bond donors (Lipinski definition) is 0.